The van der Waals surface area contributed by atoms with Crippen LogP contribution in [0.3, 0.4) is 0 Å². The fourth-order valence-electron chi connectivity index (χ4n) is 1.66. The van der Waals surface area contributed by atoms with Crippen LogP contribution in [-0.2, 0) is 11.2 Å². The van der Waals surface area contributed by atoms with Gasteiger partial charge in [0, 0.05) is 12.1 Å². The number of carbonyl (C=O) groups is 1. The van der Waals surface area contributed by atoms with Gasteiger partial charge in [-0.25, -0.2) is 0 Å². The molecule has 0 saturated carbocycles. The van der Waals surface area contributed by atoms with E-state index in [1.165, 1.54) is 0 Å². The van der Waals surface area contributed by atoms with E-state index in [0.717, 1.165) is 24.1 Å². The number of rotatable bonds is 7. The maximum atomic E-state index is 11.7. The third-order valence-corrected chi connectivity index (χ3v) is 2.94. The second-order valence-electron chi connectivity index (χ2n) is 4.74. The summed E-state index contributed by atoms with van der Waals surface area (Å²) >= 11 is 4.88. The predicted molar refractivity (Wildman–Crippen MR) is 82.2 cm³/mol. The second kappa shape index (κ2) is 7.86. The van der Waals surface area contributed by atoms with E-state index in [2.05, 4.69) is 10.2 Å². The van der Waals surface area contributed by atoms with Gasteiger partial charge in [0.2, 0.25) is 5.91 Å². The lowest BCUT2D eigenvalue weighted by Crippen LogP contribution is -2.28. The van der Waals surface area contributed by atoms with E-state index in [9.17, 15) is 4.79 Å². The van der Waals surface area contributed by atoms with Crippen LogP contribution in [0, 0.1) is 0 Å². The number of thiocarbonyl (C=S) groups is 1. The molecule has 1 aromatic carbocycles. The van der Waals surface area contributed by atoms with Crippen LogP contribution in [0.1, 0.15) is 17.5 Å². The second-order valence-corrected chi connectivity index (χ2v) is 5.18. The Bertz CT molecular complexity index is 429. The van der Waals surface area contributed by atoms with Crippen molar-refractivity contribution in [3.8, 4) is 0 Å². The maximum absolute atomic E-state index is 11.7. The summed E-state index contributed by atoms with van der Waals surface area (Å²) in [4.78, 5) is 14.2. The number of benzene rings is 1. The molecule has 0 aromatic heterocycles. The van der Waals surface area contributed by atoms with E-state index in [0.29, 0.717) is 18.0 Å². The molecule has 0 unspecified atom stereocenters. The van der Waals surface area contributed by atoms with Crippen molar-refractivity contribution >= 4 is 23.1 Å². The van der Waals surface area contributed by atoms with Crippen LogP contribution in [-0.4, -0.2) is 43.0 Å². The molecule has 0 fully saturated rings. The van der Waals surface area contributed by atoms with Gasteiger partial charge in [-0.05, 0) is 32.6 Å². The molecule has 5 heteroatoms. The molecule has 0 bridgehead atoms. The van der Waals surface area contributed by atoms with Crippen molar-refractivity contribution in [1.29, 1.82) is 0 Å². The average molecular weight is 279 g/mol. The molecule has 1 rings (SSSR count). The molecule has 0 heterocycles. The highest BCUT2D eigenvalue weighted by molar-refractivity contribution is 7.80. The molecule has 0 aliphatic rings. The number of nitrogens with one attached hydrogen (secondary N) is 1. The lowest BCUT2D eigenvalue weighted by molar-refractivity contribution is -0.120. The standard InChI is InChI=1S/C14H21N3OS/c1-17(2)9-3-8-16-13(18)10-11-4-6-12(7-5-11)14(15)19/h4-7H,3,8-10H2,1-2H3,(H2,15,19)(H,16,18). The van der Waals surface area contributed by atoms with Crippen LogP contribution in [0.4, 0.5) is 0 Å². The normalized spacial score (nSPS) is 10.5. The van der Waals surface area contributed by atoms with E-state index >= 15 is 0 Å². The zero-order valence-electron chi connectivity index (χ0n) is 11.5. The molecule has 0 saturated heterocycles. The van der Waals surface area contributed by atoms with Crippen LogP contribution >= 0.6 is 12.2 Å². The molecule has 0 aliphatic carbocycles. The summed E-state index contributed by atoms with van der Waals surface area (Å²) in [6.07, 6.45) is 1.35. The van der Waals surface area contributed by atoms with Crippen LogP contribution in [0.5, 0.6) is 0 Å². The average Bonchev–Trinajstić information content (AvgIpc) is 2.35. The first-order valence-electron chi connectivity index (χ1n) is 6.29. The van der Waals surface area contributed by atoms with Crippen molar-refractivity contribution in [3.63, 3.8) is 0 Å². The SMILES string of the molecule is CN(C)CCCNC(=O)Cc1ccc(C(N)=S)cc1. The first-order valence-corrected chi connectivity index (χ1v) is 6.70. The lowest BCUT2D eigenvalue weighted by Gasteiger charge is -2.10. The molecule has 0 aliphatic heterocycles. The number of hydrogen-bond acceptors (Lipinski definition) is 3. The third-order valence-electron chi connectivity index (χ3n) is 2.71. The van der Waals surface area contributed by atoms with Gasteiger partial charge < -0.3 is 16.0 Å². The minimum absolute atomic E-state index is 0.0434. The van der Waals surface area contributed by atoms with E-state index in [1.807, 2.05) is 38.4 Å². The summed E-state index contributed by atoms with van der Waals surface area (Å²) in [6, 6.07) is 7.45. The third kappa shape index (κ3) is 6.31. The van der Waals surface area contributed by atoms with Crippen molar-refractivity contribution in [1.82, 2.24) is 10.2 Å². The Morgan fingerprint density at radius 1 is 1.32 bits per heavy atom. The van der Waals surface area contributed by atoms with Crippen molar-refractivity contribution in [2.75, 3.05) is 27.2 Å². The van der Waals surface area contributed by atoms with E-state index in [-0.39, 0.29) is 5.91 Å². The lowest BCUT2D eigenvalue weighted by atomic mass is 10.1. The Morgan fingerprint density at radius 2 is 1.95 bits per heavy atom. The molecule has 4 nitrogen and oxygen atoms in total. The summed E-state index contributed by atoms with van der Waals surface area (Å²) in [6.45, 7) is 1.69. The number of amides is 1. The molecule has 104 valence electrons. The molecule has 1 amide bonds. The van der Waals surface area contributed by atoms with Gasteiger partial charge in [0.25, 0.3) is 0 Å². The van der Waals surface area contributed by atoms with E-state index < -0.39 is 0 Å². The highest BCUT2D eigenvalue weighted by Crippen LogP contribution is 2.05. The summed E-state index contributed by atoms with van der Waals surface area (Å²) in [5.74, 6) is 0.0434. The number of hydrogen-bond donors (Lipinski definition) is 2. The largest absolute Gasteiger partial charge is 0.389 e. The van der Waals surface area contributed by atoms with Crippen LogP contribution in [0.25, 0.3) is 0 Å². The fraction of sp³-hybridized carbons (Fsp3) is 0.429. The number of carbonyl (C=O) groups excluding carboxylic acids is 1. The van der Waals surface area contributed by atoms with Gasteiger partial charge in [0.15, 0.2) is 0 Å². The minimum Gasteiger partial charge on any atom is -0.389 e. The Morgan fingerprint density at radius 3 is 2.47 bits per heavy atom. The Kier molecular flexibility index (Phi) is 6.45. The Labute approximate surface area is 120 Å². The van der Waals surface area contributed by atoms with Gasteiger partial charge in [0.1, 0.15) is 4.99 Å². The van der Waals surface area contributed by atoms with Crippen molar-refractivity contribution in [3.05, 3.63) is 35.4 Å². The first-order chi connectivity index (χ1) is 8.99. The van der Waals surface area contributed by atoms with E-state index in [4.69, 9.17) is 18.0 Å². The van der Waals surface area contributed by atoms with Crippen LogP contribution < -0.4 is 11.1 Å². The van der Waals surface area contributed by atoms with Gasteiger partial charge in [-0.1, -0.05) is 36.5 Å². The zero-order valence-corrected chi connectivity index (χ0v) is 12.3. The first kappa shape index (κ1) is 15.6. The minimum atomic E-state index is 0.0434. The monoisotopic (exact) mass is 279 g/mol. The molecular formula is C14H21N3OS. The topological polar surface area (TPSA) is 58.4 Å². The summed E-state index contributed by atoms with van der Waals surface area (Å²) in [7, 11) is 4.04. The molecule has 0 radical (unpaired) electrons. The van der Waals surface area contributed by atoms with Crippen LogP contribution in [0.2, 0.25) is 0 Å². The number of nitrogens with two attached hydrogens (primary N) is 1. The van der Waals surface area contributed by atoms with Crippen molar-refractivity contribution < 1.29 is 4.79 Å². The smallest absolute Gasteiger partial charge is 0.224 e. The summed E-state index contributed by atoms with van der Waals surface area (Å²) < 4.78 is 0. The van der Waals surface area contributed by atoms with Crippen LogP contribution in [0.15, 0.2) is 24.3 Å². The quantitative estimate of drug-likeness (QED) is 0.576. The molecule has 19 heavy (non-hydrogen) atoms. The van der Waals surface area contributed by atoms with E-state index in [1.54, 1.807) is 0 Å². The maximum Gasteiger partial charge on any atom is 0.224 e. The van der Waals surface area contributed by atoms with Gasteiger partial charge in [-0.2, -0.15) is 0 Å². The summed E-state index contributed by atoms with van der Waals surface area (Å²) in [5.41, 5.74) is 7.31. The van der Waals surface area contributed by atoms with Gasteiger partial charge in [-0.15, -0.1) is 0 Å². The van der Waals surface area contributed by atoms with Gasteiger partial charge >= 0.3 is 0 Å². The highest BCUT2D eigenvalue weighted by atomic mass is 32.1. The molecular weight excluding hydrogens is 258 g/mol. The molecule has 0 atom stereocenters. The molecule has 1 aromatic rings. The highest BCUT2D eigenvalue weighted by Gasteiger charge is 2.03. The fourth-order valence-corrected chi connectivity index (χ4v) is 1.79. The van der Waals surface area contributed by atoms with Gasteiger partial charge in [-0.3, -0.25) is 4.79 Å². The Hall–Kier alpha value is -1.46. The van der Waals surface area contributed by atoms with Crippen molar-refractivity contribution in [2.45, 2.75) is 12.8 Å². The number of nitrogens with zero attached hydrogens (tertiary/aromatic N) is 1. The molecule has 0 spiro atoms. The van der Waals surface area contributed by atoms with Gasteiger partial charge in [0.05, 0.1) is 6.42 Å². The Balaban J connectivity index is 2.34. The zero-order chi connectivity index (χ0) is 14.3. The molecule has 3 N–H and O–H groups in total. The van der Waals surface area contributed by atoms with Crippen molar-refractivity contribution in [2.24, 2.45) is 5.73 Å². The summed E-state index contributed by atoms with van der Waals surface area (Å²) in [5, 5.41) is 2.91. The predicted octanol–water partition coefficient (Wildman–Crippen LogP) is 0.931.